The first-order valence-electron chi connectivity index (χ1n) is 8.84. The number of para-hydroxylation sites is 1. The fourth-order valence-corrected chi connectivity index (χ4v) is 3.16. The molecule has 1 atom stereocenters. The molecule has 0 bridgehead atoms. The molecule has 4 N–H and O–H groups in total. The van der Waals surface area contributed by atoms with Crippen molar-refractivity contribution in [2.24, 2.45) is 0 Å². The first-order chi connectivity index (χ1) is 13.8. The van der Waals surface area contributed by atoms with E-state index in [1.54, 1.807) is 24.3 Å². The van der Waals surface area contributed by atoms with E-state index in [9.17, 15) is 18.3 Å². The second-order valence-corrected chi connectivity index (χ2v) is 8.02. The zero-order valence-corrected chi connectivity index (χ0v) is 17.2. The molecule has 10 heteroatoms. The maximum atomic E-state index is 12.1. The second-order valence-electron chi connectivity index (χ2n) is 6.01. The van der Waals surface area contributed by atoms with E-state index in [1.807, 2.05) is 0 Å². The number of urea groups is 1. The number of rotatable bonds is 9. The number of nitrogens with one attached hydrogen (secondary N) is 3. The highest BCUT2D eigenvalue weighted by Gasteiger charge is 2.15. The third-order valence-electron chi connectivity index (χ3n) is 4.06. The molecule has 0 heterocycles. The van der Waals surface area contributed by atoms with Gasteiger partial charge in [0.1, 0.15) is 11.5 Å². The molecule has 0 fully saturated rings. The summed E-state index contributed by atoms with van der Waals surface area (Å²) in [4.78, 5) is 12.1. The van der Waals surface area contributed by atoms with Gasteiger partial charge in [0.25, 0.3) is 0 Å². The number of ether oxygens (including phenoxy) is 2. The van der Waals surface area contributed by atoms with Gasteiger partial charge in [-0.3, -0.25) is 4.72 Å². The van der Waals surface area contributed by atoms with Crippen LogP contribution < -0.4 is 24.8 Å². The van der Waals surface area contributed by atoms with Crippen molar-refractivity contribution in [1.82, 2.24) is 5.32 Å². The Morgan fingerprint density at radius 2 is 1.79 bits per heavy atom. The van der Waals surface area contributed by atoms with Crippen LogP contribution in [0.5, 0.6) is 11.5 Å². The maximum Gasteiger partial charge on any atom is 0.319 e. The zero-order valence-electron chi connectivity index (χ0n) is 16.4. The summed E-state index contributed by atoms with van der Waals surface area (Å²) in [5, 5.41) is 15.5. The lowest BCUT2D eigenvalue weighted by Gasteiger charge is -2.16. The molecule has 2 amide bonds. The Kier molecular flexibility index (Phi) is 7.68. The third-order valence-corrected chi connectivity index (χ3v) is 5.35. The lowest BCUT2D eigenvalue weighted by atomic mass is 10.1. The van der Waals surface area contributed by atoms with Crippen LogP contribution in [0.1, 0.15) is 18.6 Å². The number of amides is 2. The Balaban J connectivity index is 2.00. The van der Waals surface area contributed by atoms with E-state index in [2.05, 4.69) is 15.4 Å². The van der Waals surface area contributed by atoms with E-state index in [0.29, 0.717) is 17.0 Å². The molecule has 0 unspecified atom stereocenters. The summed E-state index contributed by atoms with van der Waals surface area (Å²) in [6.45, 7) is 1.49. The Morgan fingerprint density at radius 1 is 1.10 bits per heavy atom. The Hall–Kier alpha value is -2.98. The number of carbonyl (C=O) groups is 1. The lowest BCUT2D eigenvalue weighted by Crippen LogP contribution is -2.32. The van der Waals surface area contributed by atoms with Gasteiger partial charge in [0, 0.05) is 23.9 Å². The molecule has 9 nitrogen and oxygen atoms in total. The number of hydrogen-bond donors (Lipinski definition) is 4. The van der Waals surface area contributed by atoms with Crippen molar-refractivity contribution in [2.75, 3.05) is 36.6 Å². The standard InChI is InChI=1S/C19H25N3O6S/c1-4-29(25,26)22-15-10-9-13(11-18(15)28-3)21-19(24)20-12-16(23)14-7-5-6-8-17(14)27-2/h5-11,16,22-23H,4,12H2,1-3H3,(H2,20,21,24)/t16-/m0/s1. The van der Waals surface area contributed by atoms with Crippen LogP contribution in [0.3, 0.4) is 0 Å². The summed E-state index contributed by atoms with van der Waals surface area (Å²) >= 11 is 0. The lowest BCUT2D eigenvalue weighted by molar-refractivity contribution is 0.171. The van der Waals surface area contributed by atoms with Gasteiger partial charge in [0.05, 0.1) is 31.8 Å². The quantitative estimate of drug-likeness (QED) is 0.490. The first-order valence-corrected chi connectivity index (χ1v) is 10.5. The van der Waals surface area contributed by atoms with Gasteiger partial charge in [0.2, 0.25) is 10.0 Å². The van der Waals surface area contributed by atoms with E-state index in [-0.39, 0.29) is 23.7 Å². The molecule has 2 aromatic carbocycles. The molecule has 29 heavy (non-hydrogen) atoms. The molecule has 0 aliphatic rings. The third kappa shape index (κ3) is 6.26. The molecule has 0 saturated carbocycles. The summed E-state index contributed by atoms with van der Waals surface area (Å²) in [5.74, 6) is 0.707. The smallest absolute Gasteiger partial charge is 0.319 e. The normalized spacial score (nSPS) is 12.0. The highest BCUT2D eigenvalue weighted by Crippen LogP contribution is 2.29. The number of benzene rings is 2. The van der Waals surface area contributed by atoms with Gasteiger partial charge < -0.3 is 25.2 Å². The van der Waals surface area contributed by atoms with E-state index < -0.39 is 22.2 Å². The summed E-state index contributed by atoms with van der Waals surface area (Å²) < 4.78 is 36.3. The largest absolute Gasteiger partial charge is 0.496 e. The van der Waals surface area contributed by atoms with Gasteiger partial charge in [-0.25, -0.2) is 13.2 Å². The molecule has 158 valence electrons. The van der Waals surface area contributed by atoms with Crippen LogP contribution in [0, 0.1) is 0 Å². The van der Waals surface area contributed by atoms with Crippen molar-refractivity contribution in [1.29, 1.82) is 0 Å². The van der Waals surface area contributed by atoms with Crippen LogP contribution in [-0.4, -0.2) is 46.1 Å². The van der Waals surface area contributed by atoms with Crippen molar-refractivity contribution in [3.8, 4) is 11.5 Å². The number of aliphatic hydroxyl groups excluding tert-OH is 1. The van der Waals surface area contributed by atoms with Gasteiger partial charge in [-0.1, -0.05) is 18.2 Å². The van der Waals surface area contributed by atoms with E-state index >= 15 is 0 Å². The topological polar surface area (TPSA) is 126 Å². The van der Waals surface area contributed by atoms with Crippen LogP contribution >= 0.6 is 0 Å². The fourth-order valence-electron chi connectivity index (χ4n) is 2.51. The van der Waals surface area contributed by atoms with Crippen molar-refractivity contribution < 1.29 is 27.8 Å². The predicted molar refractivity (Wildman–Crippen MR) is 111 cm³/mol. The summed E-state index contributed by atoms with van der Waals surface area (Å²) in [7, 11) is -0.560. The van der Waals surface area contributed by atoms with E-state index in [1.165, 1.54) is 39.3 Å². The highest BCUT2D eigenvalue weighted by atomic mass is 32.2. The number of aliphatic hydroxyl groups is 1. The number of carbonyl (C=O) groups excluding carboxylic acids is 1. The Bertz CT molecular complexity index is 949. The van der Waals surface area contributed by atoms with Gasteiger partial charge in [-0.2, -0.15) is 0 Å². The second kappa shape index (κ2) is 9.99. The summed E-state index contributed by atoms with van der Waals surface area (Å²) in [6.07, 6.45) is -0.947. The summed E-state index contributed by atoms with van der Waals surface area (Å²) in [5.41, 5.74) is 1.22. The molecule has 2 aromatic rings. The van der Waals surface area contributed by atoms with Gasteiger partial charge >= 0.3 is 6.03 Å². The summed E-state index contributed by atoms with van der Waals surface area (Å²) in [6, 6.07) is 11.0. The minimum Gasteiger partial charge on any atom is -0.496 e. The predicted octanol–water partition coefficient (Wildman–Crippen LogP) is 2.32. The number of sulfonamides is 1. The Labute approximate surface area is 170 Å². The molecule has 0 aliphatic heterocycles. The minimum absolute atomic E-state index is 0.0300. The first kappa shape index (κ1) is 22.3. The van der Waals surface area contributed by atoms with Crippen LogP contribution in [0.15, 0.2) is 42.5 Å². The van der Waals surface area contributed by atoms with Crippen LogP contribution in [0.4, 0.5) is 16.2 Å². The van der Waals surface area contributed by atoms with Crippen LogP contribution in [0.25, 0.3) is 0 Å². The average molecular weight is 423 g/mol. The van der Waals surface area contributed by atoms with Gasteiger partial charge in [-0.15, -0.1) is 0 Å². The monoisotopic (exact) mass is 423 g/mol. The van der Waals surface area contributed by atoms with Crippen LogP contribution in [0.2, 0.25) is 0 Å². The SMILES string of the molecule is CCS(=O)(=O)Nc1ccc(NC(=O)NC[C@H](O)c2ccccc2OC)cc1OC. The van der Waals surface area contributed by atoms with Crippen molar-refractivity contribution in [2.45, 2.75) is 13.0 Å². The van der Waals surface area contributed by atoms with E-state index in [4.69, 9.17) is 9.47 Å². The molecule has 0 spiro atoms. The van der Waals surface area contributed by atoms with Crippen LogP contribution in [-0.2, 0) is 10.0 Å². The molecule has 0 aromatic heterocycles. The minimum atomic E-state index is -3.46. The number of hydrogen-bond acceptors (Lipinski definition) is 6. The van der Waals surface area contributed by atoms with Gasteiger partial charge in [0.15, 0.2) is 0 Å². The Morgan fingerprint density at radius 3 is 2.45 bits per heavy atom. The van der Waals surface area contributed by atoms with Gasteiger partial charge in [-0.05, 0) is 25.1 Å². The fraction of sp³-hybridized carbons (Fsp3) is 0.316. The number of anilines is 2. The molecular formula is C19H25N3O6S. The van der Waals surface area contributed by atoms with Crippen molar-refractivity contribution >= 4 is 27.4 Å². The molecular weight excluding hydrogens is 398 g/mol. The highest BCUT2D eigenvalue weighted by molar-refractivity contribution is 7.92. The zero-order chi connectivity index (χ0) is 21.4. The van der Waals surface area contributed by atoms with Crippen molar-refractivity contribution in [3.05, 3.63) is 48.0 Å². The van der Waals surface area contributed by atoms with Crippen molar-refractivity contribution in [3.63, 3.8) is 0 Å². The molecule has 0 saturated heterocycles. The maximum absolute atomic E-state index is 12.1. The van der Waals surface area contributed by atoms with E-state index in [0.717, 1.165) is 0 Å². The number of methoxy groups -OCH3 is 2. The molecule has 0 aliphatic carbocycles. The average Bonchev–Trinajstić information content (AvgIpc) is 2.72. The molecule has 2 rings (SSSR count). The molecule has 0 radical (unpaired) electrons.